The molecule has 666 valence electrons. The van der Waals surface area contributed by atoms with Crippen LogP contribution in [0, 0.1) is 5.92 Å². The molecule has 0 rings (SSSR count). The van der Waals surface area contributed by atoms with E-state index in [9.17, 15) is 43.2 Å². The second-order valence-electron chi connectivity index (χ2n) is 33.6. The molecule has 0 aromatic rings. The summed E-state index contributed by atoms with van der Waals surface area (Å²) in [6.07, 6.45) is 82.0. The first kappa shape index (κ1) is 110. The number of phosphoric ester groups is 2. The lowest BCUT2D eigenvalue weighted by atomic mass is 9.99. The monoisotopic (exact) mass is 1630 g/mol. The van der Waals surface area contributed by atoms with Crippen LogP contribution in [0.5, 0.6) is 0 Å². The fourth-order valence-corrected chi connectivity index (χ4v) is 16.3. The van der Waals surface area contributed by atoms with Crippen molar-refractivity contribution in [3.05, 3.63) is 0 Å². The minimum Gasteiger partial charge on any atom is -0.462 e. The Morgan fingerprint density at radius 1 is 0.250 bits per heavy atom. The second-order valence-corrected chi connectivity index (χ2v) is 36.6. The van der Waals surface area contributed by atoms with E-state index in [2.05, 4.69) is 34.6 Å². The Bertz CT molecular complexity index is 2120. The average molecular weight is 1630 g/mol. The molecule has 112 heavy (non-hydrogen) atoms. The second kappa shape index (κ2) is 85.5. The Labute approximate surface area is 689 Å². The number of aliphatic hydroxyl groups is 1. The van der Waals surface area contributed by atoms with E-state index in [1.807, 2.05) is 0 Å². The van der Waals surface area contributed by atoms with Gasteiger partial charge < -0.3 is 33.8 Å². The maximum absolute atomic E-state index is 13.2. The van der Waals surface area contributed by atoms with Gasteiger partial charge in [0.25, 0.3) is 0 Å². The van der Waals surface area contributed by atoms with Gasteiger partial charge in [-0.05, 0) is 31.6 Å². The van der Waals surface area contributed by atoms with E-state index < -0.39 is 97.5 Å². The van der Waals surface area contributed by atoms with E-state index in [4.69, 9.17) is 37.0 Å². The van der Waals surface area contributed by atoms with Crippen LogP contribution in [0.2, 0.25) is 0 Å². The number of carbonyl (C=O) groups excluding carboxylic acids is 4. The van der Waals surface area contributed by atoms with Crippen LogP contribution in [0.15, 0.2) is 0 Å². The molecule has 0 radical (unpaired) electrons. The molecule has 3 unspecified atom stereocenters. The first-order valence-electron chi connectivity index (χ1n) is 48.2. The van der Waals surface area contributed by atoms with Crippen LogP contribution in [0.25, 0.3) is 0 Å². The maximum Gasteiger partial charge on any atom is 0.472 e. The van der Waals surface area contributed by atoms with Crippen molar-refractivity contribution in [2.45, 2.75) is 528 Å². The Kier molecular flexibility index (Phi) is 84.0. The van der Waals surface area contributed by atoms with Crippen LogP contribution in [0.4, 0.5) is 0 Å². The number of aliphatic hydroxyl groups excluding tert-OH is 1. The highest BCUT2D eigenvalue weighted by Crippen LogP contribution is 2.45. The van der Waals surface area contributed by atoms with Crippen LogP contribution in [-0.4, -0.2) is 96.7 Å². The molecular formula is C93H182O17P2. The molecule has 0 aliphatic rings. The summed E-state index contributed by atoms with van der Waals surface area (Å²) in [6.45, 7) is 7.48. The smallest absolute Gasteiger partial charge is 0.462 e. The van der Waals surface area contributed by atoms with E-state index in [-0.39, 0.29) is 25.7 Å². The van der Waals surface area contributed by atoms with Gasteiger partial charge in [-0.1, -0.05) is 458 Å². The van der Waals surface area contributed by atoms with Gasteiger partial charge in [0.15, 0.2) is 12.2 Å². The standard InChI is InChI=1S/C93H182O17P2/c1-6-10-13-16-19-22-25-28-30-32-33-34-35-40-43-47-52-57-62-67-72-77-91(96)104-83-89(110-93(98)79-74-69-64-59-54-49-45-41-37-36-39-42-46-50-55-60-65-70-75-86(5)9-4)85-108-112(101,102)106-81-87(94)80-105-111(99,100)107-84-88(82-103-90(95)76-71-66-61-56-51-27-24-21-18-15-12-8-3)109-92(97)78-73-68-63-58-53-48-44-38-31-29-26-23-20-17-14-11-7-2/h86-89,94H,6-85H2,1-5H3,(H,99,100)(H,101,102)/t86?,87-,88+,89+/m0/s1. The van der Waals surface area contributed by atoms with E-state index in [0.29, 0.717) is 25.7 Å². The number of unbranched alkanes of at least 4 members (excludes halogenated alkanes) is 64. The summed E-state index contributed by atoms with van der Waals surface area (Å²) in [5.41, 5.74) is 0. The number of phosphoric acid groups is 2. The fraction of sp³-hybridized carbons (Fsp3) is 0.957. The summed E-state index contributed by atoms with van der Waals surface area (Å²) in [4.78, 5) is 73.5. The Hall–Kier alpha value is -1.94. The predicted molar refractivity (Wildman–Crippen MR) is 465 cm³/mol. The summed E-state index contributed by atoms with van der Waals surface area (Å²) in [7, 11) is -9.94. The van der Waals surface area contributed by atoms with Crippen molar-refractivity contribution >= 4 is 39.5 Å². The molecule has 3 N–H and O–H groups in total. The third kappa shape index (κ3) is 84.5. The van der Waals surface area contributed by atoms with E-state index in [1.54, 1.807) is 0 Å². The van der Waals surface area contributed by atoms with Crippen molar-refractivity contribution in [2.24, 2.45) is 5.92 Å². The molecule has 0 saturated carbocycles. The molecule has 6 atom stereocenters. The van der Waals surface area contributed by atoms with Gasteiger partial charge in [-0.15, -0.1) is 0 Å². The van der Waals surface area contributed by atoms with Crippen molar-refractivity contribution in [1.29, 1.82) is 0 Å². The quantitative estimate of drug-likeness (QED) is 0.0222. The minimum absolute atomic E-state index is 0.109. The Morgan fingerprint density at radius 3 is 0.634 bits per heavy atom. The minimum atomic E-state index is -4.97. The molecule has 0 heterocycles. The van der Waals surface area contributed by atoms with Crippen LogP contribution >= 0.6 is 15.6 Å². The van der Waals surface area contributed by atoms with Gasteiger partial charge in [0.05, 0.1) is 26.4 Å². The van der Waals surface area contributed by atoms with Gasteiger partial charge in [-0.3, -0.25) is 37.3 Å². The van der Waals surface area contributed by atoms with Gasteiger partial charge in [-0.25, -0.2) is 9.13 Å². The van der Waals surface area contributed by atoms with Crippen LogP contribution in [-0.2, 0) is 65.4 Å². The van der Waals surface area contributed by atoms with Gasteiger partial charge in [0, 0.05) is 25.7 Å². The zero-order chi connectivity index (χ0) is 81.8. The SMILES string of the molecule is CCCCCCCCCCCCCCCCCCCCCCCC(=O)OC[C@H](COP(=O)(O)OC[C@@H](O)COP(=O)(O)OC[C@@H](COC(=O)CCCCCCCCCCCCCC)OC(=O)CCCCCCCCCCCCCCCCCCC)OC(=O)CCCCCCCCCCCCCCCCCCCCC(C)CC. The lowest BCUT2D eigenvalue weighted by molar-refractivity contribution is -0.161. The van der Waals surface area contributed by atoms with Crippen LogP contribution < -0.4 is 0 Å². The van der Waals surface area contributed by atoms with Gasteiger partial charge in [-0.2, -0.15) is 0 Å². The number of hydrogen-bond acceptors (Lipinski definition) is 15. The van der Waals surface area contributed by atoms with Crippen molar-refractivity contribution in [3.63, 3.8) is 0 Å². The predicted octanol–water partition coefficient (Wildman–Crippen LogP) is 29.1. The van der Waals surface area contributed by atoms with Crippen LogP contribution in [0.3, 0.4) is 0 Å². The Morgan fingerprint density at radius 2 is 0.429 bits per heavy atom. The zero-order valence-corrected chi connectivity index (χ0v) is 75.6. The van der Waals surface area contributed by atoms with Gasteiger partial charge in [0.2, 0.25) is 0 Å². The maximum atomic E-state index is 13.2. The number of rotatable bonds is 93. The average Bonchev–Trinajstić information content (AvgIpc) is 0.899. The number of esters is 4. The third-order valence-corrected chi connectivity index (χ3v) is 24.3. The number of ether oxygens (including phenoxy) is 4. The topological polar surface area (TPSA) is 237 Å². The lowest BCUT2D eigenvalue weighted by Gasteiger charge is -2.21. The number of carbonyl (C=O) groups is 4. The van der Waals surface area contributed by atoms with E-state index in [1.165, 1.54) is 334 Å². The fourth-order valence-electron chi connectivity index (χ4n) is 14.7. The molecule has 19 heteroatoms. The largest absolute Gasteiger partial charge is 0.472 e. The van der Waals surface area contributed by atoms with Crippen molar-refractivity contribution < 1.29 is 80.2 Å². The van der Waals surface area contributed by atoms with E-state index in [0.717, 1.165) is 95.8 Å². The molecule has 0 aromatic carbocycles. The zero-order valence-electron chi connectivity index (χ0n) is 73.8. The van der Waals surface area contributed by atoms with E-state index >= 15 is 0 Å². The van der Waals surface area contributed by atoms with Crippen LogP contribution in [0.1, 0.15) is 510 Å². The summed E-state index contributed by atoms with van der Waals surface area (Å²) < 4.78 is 69.1. The van der Waals surface area contributed by atoms with Gasteiger partial charge in [0.1, 0.15) is 19.3 Å². The van der Waals surface area contributed by atoms with Gasteiger partial charge >= 0.3 is 39.5 Å². The summed E-state index contributed by atoms with van der Waals surface area (Å²) in [5, 5.41) is 10.7. The molecule has 17 nitrogen and oxygen atoms in total. The normalized spacial score (nSPS) is 13.9. The molecule has 0 aromatic heterocycles. The number of hydrogen-bond donors (Lipinski definition) is 3. The molecule has 0 bridgehead atoms. The van der Waals surface area contributed by atoms with Crippen molar-refractivity contribution in [2.75, 3.05) is 39.6 Å². The first-order chi connectivity index (χ1) is 54.6. The van der Waals surface area contributed by atoms with Crippen molar-refractivity contribution in [1.82, 2.24) is 0 Å². The molecule has 0 amide bonds. The molecule has 0 fully saturated rings. The molecule has 0 aliphatic heterocycles. The highest BCUT2D eigenvalue weighted by Gasteiger charge is 2.31. The summed E-state index contributed by atoms with van der Waals surface area (Å²) >= 11 is 0. The molecule has 0 spiro atoms. The van der Waals surface area contributed by atoms with Crippen molar-refractivity contribution in [3.8, 4) is 0 Å². The molecule has 0 aliphatic carbocycles. The highest BCUT2D eigenvalue weighted by atomic mass is 31.2. The highest BCUT2D eigenvalue weighted by molar-refractivity contribution is 7.47. The first-order valence-corrected chi connectivity index (χ1v) is 51.2. The molecular weight excluding hydrogens is 1450 g/mol. The summed E-state index contributed by atoms with van der Waals surface area (Å²) in [6, 6.07) is 0. The Balaban J connectivity index is 5.24. The third-order valence-electron chi connectivity index (χ3n) is 22.4. The lowest BCUT2D eigenvalue weighted by Crippen LogP contribution is -2.30. The summed E-state index contributed by atoms with van der Waals surface area (Å²) in [5.74, 6) is -1.22. The molecule has 0 saturated heterocycles.